The van der Waals surface area contributed by atoms with E-state index in [1.165, 1.54) is 7.11 Å². The molecule has 0 aliphatic rings. The molecule has 1 aromatic rings. The van der Waals surface area contributed by atoms with Gasteiger partial charge in [-0.05, 0) is 18.6 Å². The van der Waals surface area contributed by atoms with Crippen LogP contribution >= 0.6 is 11.6 Å². The minimum atomic E-state index is -1.15. The van der Waals surface area contributed by atoms with Crippen molar-refractivity contribution in [3.63, 3.8) is 0 Å². The van der Waals surface area contributed by atoms with Crippen LogP contribution in [0.1, 0.15) is 12.8 Å². The van der Waals surface area contributed by atoms with E-state index in [0.29, 0.717) is 22.1 Å². The molecule has 0 heterocycles. The van der Waals surface area contributed by atoms with Gasteiger partial charge in [0.05, 0.1) is 27.8 Å². The molecule has 0 spiro atoms. The Bertz CT molecular complexity index is 393. The molecule has 0 saturated carbocycles. The van der Waals surface area contributed by atoms with Gasteiger partial charge in [-0.3, -0.25) is 9.00 Å². The first-order chi connectivity index (χ1) is 7.65. The number of hydrogen-bond donors (Lipinski definition) is 0. The molecule has 1 aromatic carbocycles. The maximum atomic E-state index is 11.8. The smallest absolute Gasteiger partial charge is 0.305 e. The summed E-state index contributed by atoms with van der Waals surface area (Å²) in [6, 6.07) is 7.02. The summed E-state index contributed by atoms with van der Waals surface area (Å²) in [7, 11) is 0.188. The topological polar surface area (TPSA) is 43.4 Å². The Labute approximate surface area is 102 Å². The van der Waals surface area contributed by atoms with Gasteiger partial charge in [0.2, 0.25) is 0 Å². The summed E-state index contributed by atoms with van der Waals surface area (Å²) in [5.74, 6) is 0.134. The number of esters is 1. The van der Waals surface area contributed by atoms with Crippen molar-refractivity contribution in [2.24, 2.45) is 0 Å². The van der Waals surface area contributed by atoms with E-state index in [4.69, 9.17) is 11.6 Å². The van der Waals surface area contributed by atoms with Gasteiger partial charge in [0.25, 0.3) is 0 Å². The third-order valence-corrected chi connectivity index (χ3v) is 3.97. The van der Waals surface area contributed by atoms with Gasteiger partial charge >= 0.3 is 5.97 Å². The first-order valence-electron chi connectivity index (χ1n) is 4.85. The molecule has 16 heavy (non-hydrogen) atoms. The van der Waals surface area contributed by atoms with Crippen molar-refractivity contribution < 1.29 is 13.7 Å². The normalized spacial score (nSPS) is 12.1. The molecule has 0 aliphatic carbocycles. The number of methoxy groups -OCH3 is 1. The van der Waals surface area contributed by atoms with Crippen molar-refractivity contribution in [1.29, 1.82) is 0 Å². The van der Waals surface area contributed by atoms with E-state index in [1.807, 2.05) is 0 Å². The zero-order valence-corrected chi connectivity index (χ0v) is 10.5. The van der Waals surface area contributed by atoms with Gasteiger partial charge in [0, 0.05) is 12.2 Å². The lowest BCUT2D eigenvalue weighted by Crippen LogP contribution is -2.04. The number of rotatable bonds is 5. The molecule has 1 rings (SSSR count). The molecule has 0 aromatic heterocycles. The number of carbonyl (C=O) groups is 1. The minimum Gasteiger partial charge on any atom is -0.469 e. The zero-order chi connectivity index (χ0) is 12.0. The van der Waals surface area contributed by atoms with Crippen LogP contribution in [0, 0.1) is 0 Å². The number of ether oxygens (including phenoxy) is 1. The SMILES string of the molecule is COC(=O)CCCS(=O)c1ccccc1Cl. The second-order valence-electron chi connectivity index (χ2n) is 3.16. The lowest BCUT2D eigenvalue weighted by molar-refractivity contribution is -0.140. The lowest BCUT2D eigenvalue weighted by atomic mass is 10.3. The highest BCUT2D eigenvalue weighted by Gasteiger charge is 2.08. The monoisotopic (exact) mass is 260 g/mol. The Morgan fingerprint density at radius 2 is 2.12 bits per heavy atom. The molecule has 3 nitrogen and oxygen atoms in total. The standard InChI is InChI=1S/C11H13ClO3S/c1-15-11(13)7-4-8-16(14)10-6-3-2-5-9(10)12/h2-3,5-6H,4,7-8H2,1H3. The summed E-state index contributed by atoms with van der Waals surface area (Å²) in [5.41, 5.74) is 0. The first-order valence-corrected chi connectivity index (χ1v) is 6.54. The predicted octanol–water partition coefficient (Wildman–Crippen LogP) is 2.40. The molecule has 0 N–H and O–H groups in total. The molecule has 1 unspecified atom stereocenters. The van der Waals surface area contributed by atoms with Crippen LogP contribution in [0.15, 0.2) is 29.2 Å². The maximum Gasteiger partial charge on any atom is 0.305 e. The molecule has 1 atom stereocenters. The average molecular weight is 261 g/mol. The molecule has 0 radical (unpaired) electrons. The minimum absolute atomic E-state index is 0.281. The van der Waals surface area contributed by atoms with Crippen LogP contribution in [0.3, 0.4) is 0 Å². The van der Waals surface area contributed by atoms with Gasteiger partial charge in [-0.1, -0.05) is 23.7 Å². The summed E-state index contributed by atoms with van der Waals surface area (Å²) in [5, 5.41) is 0.499. The summed E-state index contributed by atoms with van der Waals surface area (Å²) in [4.78, 5) is 11.5. The van der Waals surface area contributed by atoms with Crippen molar-refractivity contribution >= 4 is 28.4 Å². The van der Waals surface area contributed by atoms with Gasteiger partial charge in [0.1, 0.15) is 0 Å². The van der Waals surface area contributed by atoms with Gasteiger partial charge in [-0.2, -0.15) is 0 Å². The molecule has 0 bridgehead atoms. The third-order valence-electron chi connectivity index (χ3n) is 2.02. The van der Waals surface area contributed by atoms with E-state index in [9.17, 15) is 9.00 Å². The van der Waals surface area contributed by atoms with Gasteiger partial charge in [-0.25, -0.2) is 0 Å². The summed E-state index contributed by atoms with van der Waals surface area (Å²) < 4.78 is 16.3. The van der Waals surface area contributed by atoms with Crippen LogP contribution < -0.4 is 0 Å². The van der Waals surface area contributed by atoms with Crippen LogP contribution in [0.2, 0.25) is 5.02 Å². The van der Waals surface area contributed by atoms with Gasteiger partial charge in [0.15, 0.2) is 0 Å². The maximum absolute atomic E-state index is 11.8. The van der Waals surface area contributed by atoms with E-state index in [0.717, 1.165) is 0 Å². The molecule has 0 fully saturated rings. The Morgan fingerprint density at radius 1 is 1.44 bits per heavy atom. The Kier molecular flexibility index (Phi) is 5.49. The zero-order valence-electron chi connectivity index (χ0n) is 8.94. The Balaban J connectivity index is 2.47. The summed E-state index contributed by atoms with van der Waals surface area (Å²) in [6.45, 7) is 0. The van der Waals surface area contributed by atoms with Crippen LogP contribution in [-0.2, 0) is 20.3 Å². The number of halogens is 1. The second kappa shape index (κ2) is 6.66. The Morgan fingerprint density at radius 3 is 2.75 bits per heavy atom. The van der Waals surface area contributed by atoms with E-state index < -0.39 is 10.8 Å². The summed E-state index contributed by atoms with van der Waals surface area (Å²) >= 11 is 5.90. The van der Waals surface area contributed by atoms with Crippen molar-refractivity contribution in [1.82, 2.24) is 0 Å². The first kappa shape index (κ1) is 13.2. The fraction of sp³-hybridized carbons (Fsp3) is 0.364. The molecule has 0 aliphatic heterocycles. The quantitative estimate of drug-likeness (QED) is 0.764. The molecular formula is C11H13ClO3S. The van der Waals surface area contributed by atoms with Crippen molar-refractivity contribution in [2.45, 2.75) is 17.7 Å². The van der Waals surface area contributed by atoms with Crippen molar-refractivity contribution in [3.8, 4) is 0 Å². The number of carbonyl (C=O) groups excluding carboxylic acids is 1. The van der Waals surface area contributed by atoms with E-state index in [-0.39, 0.29) is 12.4 Å². The van der Waals surface area contributed by atoms with Crippen LogP contribution in [0.25, 0.3) is 0 Å². The second-order valence-corrected chi connectivity index (χ2v) is 5.11. The van der Waals surface area contributed by atoms with Crippen LogP contribution in [0.4, 0.5) is 0 Å². The largest absolute Gasteiger partial charge is 0.469 e. The van der Waals surface area contributed by atoms with Crippen LogP contribution in [0.5, 0.6) is 0 Å². The fourth-order valence-electron chi connectivity index (χ4n) is 1.19. The number of benzene rings is 1. The highest BCUT2D eigenvalue weighted by molar-refractivity contribution is 7.85. The van der Waals surface area contributed by atoms with E-state index >= 15 is 0 Å². The van der Waals surface area contributed by atoms with E-state index in [1.54, 1.807) is 24.3 Å². The van der Waals surface area contributed by atoms with Gasteiger partial charge < -0.3 is 4.74 Å². The summed E-state index contributed by atoms with van der Waals surface area (Å²) in [6.07, 6.45) is 0.817. The average Bonchev–Trinajstić information content (AvgIpc) is 2.29. The van der Waals surface area contributed by atoms with E-state index in [2.05, 4.69) is 4.74 Å². The van der Waals surface area contributed by atoms with Crippen molar-refractivity contribution in [3.05, 3.63) is 29.3 Å². The van der Waals surface area contributed by atoms with Gasteiger partial charge in [-0.15, -0.1) is 0 Å². The lowest BCUT2D eigenvalue weighted by Gasteiger charge is -2.03. The molecule has 88 valence electrons. The fourth-order valence-corrected chi connectivity index (χ4v) is 2.73. The predicted molar refractivity (Wildman–Crippen MR) is 64.0 cm³/mol. The highest BCUT2D eigenvalue weighted by atomic mass is 35.5. The third kappa shape index (κ3) is 3.94. The number of hydrogen-bond acceptors (Lipinski definition) is 3. The molecule has 0 saturated heterocycles. The molecule has 0 amide bonds. The molecule has 5 heteroatoms. The van der Waals surface area contributed by atoms with Crippen molar-refractivity contribution in [2.75, 3.05) is 12.9 Å². The molecular weight excluding hydrogens is 248 g/mol. The highest BCUT2D eigenvalue weighted by Crippen LogP contribution is 2.19. The Hall–Kier alpha value is -0.870. The van der Waals surface area contributed by atoms with Crippen LogP contribution in [-0.4, -0.2) is 23.0 Å².